The first-order chi connectivity index (χ1) is 7.06. The first-order valence-corrected chi connectivity index (χ1v) is 5.72. The number of hydrogen-bond donors (Lipinski definition) is 1. The van der Waals surface area contributed by atoms with Gasteiger partial charge in [-0.2, -0.15) is 8.42 Å². The zero-order valence-corrected chi connectivity index (χ0v) is 8.85. The fraction of sp³-hybridized carbons (Fsp3) is 0.200. The number of rotatable bonds is 5. The molecule has 0 spiro atoms. The summed E-state index contributed by atoms with van der Waals surface area (Å²) in [6, 6.07) is 7.75. The molecule has 4 nitrogen and oxygen atoms in total. The highest BCUT2D eigenvalue weighted by atomic mass is 32.2. The predicted molar refractivity (Wildman–Crippen MR) is 55.8 cm³/mol. The van der Waals surface area contributed by atoms with Gasteiger partial charge >= 0.3 is 0 Å². The van der Waals surface area contributed by atoms with Crippen LogP contribution < -0.4 is 0 Å². The lowest BCUT2D eigenvalue weighted by molar-refractivity contribution is 0.148. The molecule has 0 bridgehead atoms. The third-order valence-corrected chi connectivity index (χ3v) is 2.99. The molecule has 0 aliphatic heterocycles. The molecule has 0 saturated heterocycles. The van der Waals surface area contributed by atoms with Crippen molar-refractivity contribution in [2.24, 2.45) is 0 Å². The van der Waals surface area contributed by atoms with Crippen LogP contribution in [0.1, 0.15) is 0 Å². The van der Waals surface area contributed by atoms with Gasteiger partial charge in [-0.15, -0.1) is 6.58 Å². The molecule has 1 aromatic carbocycles. The highest BCUT2D eigenvalue weighted by Crippen LogP contribution is 2.11. The maximum absolute atomic E-state index is 11.5. The molecule has 1 rings (SSSR count). The van der Waals surface area contributed by atoms with Crippen LogP contribution in [-0.4, -0.2) is 26.2 Å². The van der Waals surface area contributed by atoms with Gasteiger partial charge in [0.25, 0.3) is 10.1 Å². The van der Waals surface area contributed by atoms with E-state index in [4.69, 9.17) is 5.11 Å². The Labute approximate surface area is 88.9 Å². The molecule has 1 N–H and O–H groups in total. The Morgan fingerprint density at radius 1 is 1.40 bits per heavy atom. The molecule has 1 atom stereocenters. The van der Waals surface area contributed by atoms with Gasteiger partial charge in [-0.05, 0) is 12.1 Å². The van der Waals surface area contributed by atoms with Crippen LogP contribution in [0.5, 0.6) is 0 Å². The van der Waals surface area contributed by atoms with Crippen LogP contribution in [0, 0.1) is 0 Å². The molecule has 0 fully saturated rings. The molecule has 0 aliphatic rings. The molecule has 15 heavy (non-hydrogen) atoms. The molecule has 0 amide bonds. The van der Waals surface area contributed by atoms with Crippen molar-refractivity contribution >= 4 is 10.1 Å². The van der Waals surface area contributed by atoms with E-state index in [1.165, 1.54) is 18.2 Å². The fourth-order valence-electron chi connectivity index (χ4n) is 0.883. The largest absolute Gasteiger partial charge is 0.387 e. The number of benzene rings is 1. The summed E-state index contributed by atoms with van der Waals surface area (Å²) < 4.78 is 27.6. The average molecular weight is 228 g/mol. The maximum atomic E-state index is 11.5. The van der Waals surface area contributed by atoms with Crippen LogP contribution in [-0.2, 0) is 14.3 Å². The van der Waals surface area contributed by atoms with E-state index >= 15 is 0 Å². The summed E-state index contributed by atoms with van der Waals surface area (Å²) in [5, 5.41) is 9.06. The van der Waals surface area contributed by atoms with Crippen molar-refractivity contribution < 1.29 is 17.7 Å². The molecule has 5 heteroatoms. The number of aliphatic hydroxyl groups excluding tert-OH is 1. The highest BCUT2D eigenvalue weighted by Gasteiger charge is 2.15. The van der Waals surface area contributed by atoms with Crippen molar-refractivity contribution in [1.82, 2.24) is 0 Å². The second kappa shape index (κ2) is 5.06. The van der Waals surface area contributed by atoms with E-state index in [1.807, 2.05) is 0 Å². The monoisotopic (exact) mass is 228 g/mol. The van der Waals surface area contributed by atoms with Crippen LogP contribution in [0.2, 0.25) is 0 Å². The predicted octanol–water partition coefficient (Wildman–Crippen LogP) is 0.939. The Morgan fingerprint density at radius 3 is 2.53 bits per heavy atom. The molecular formula is C10H12O4S. The van der Waals surface area contributed by atoms with Gasteiger partial charge < -0.3 is 5.11 Å². The van der Waals surface area contributed by atoms with Gasteiger partial charge in [0.1, 0.15) is 0 Å². The second-order valence-corrected chi connectivity index (χ2v) is 4.47. The summed E-state index contributed by atoms with van der Waals surface area (Å²) >= 11 is 0. The Morgan fingerprint density at radius 2 is 2.00 bits per heavy atom. The zero-order valence-electron chi connectivity index (χ0n) is 8.04. The highest BCUT2D eigenvalue weighted by molar-refractivity contribution is 7.86. The SMILES string of the molecule is C=C[C@H](O)COS(=O)(=O)c1ccccc1. The third kappa shape index (κ3) is 3.47. The van der Waals surface area contributed by atoms with E-state index < -0.39 is 16.2 Å². The Bertz CT molecular complexity index is 410. The molecule has 0 saturated carbocycles. The lowest BCUT2D eigenvalue weighted by Crippen LogP contribution is -2.16. The smallest absolute Gasteiger partial charge is 0.297 e. The first-order valence-electron chi connectivity index (χ1n) is 4.31. The van der Waals surface area contributed by atoms with Gasteiger partial charge in [0.05, 0.1) is 17.6 Å². The minimum absolute atomic E-state index is 0.0706. The van der Waals surface area contributed by atoms with Gasteiger partial charge in [0, 0.05) is 0 Å². The van der Waals surface area contributed by atoms with Crippen molar-refractivity contribution in [2.45, 2.75) is 11.0 Å². The molecule has 82 valence electrons. The third-order valence-electron chi connectivity index (χ3n) is 1.70. The van der Waals surface area contributed by atoms with Crippen molar-refractivity contribution in [2.75, 3.05) is 6.61 Å². The van der Waals surface area contributed by atoms with Crippen LogP contribution in [0.25, 0.3) is 0 Å². The van der Waals surface area contributed by atoms with Gasteiger partial charge in [-0.25, -0.2) is 0 Å². The molecule has 0 aromatic heterocycles. The molecule has 0 unspecified atom stereocenters. The van der Waals surface area contributed by atoms with E-state index in [-0.39, 0.29) is 11.5 Å². The topological polar surface area (TPSA) is 63.6 Å². The van der Waals surface area contributed by atoms with E-state index in [9.17, 15) is 8.42 Å². The summed E-state index contributed by atoms with van der Waals surface area (Å²) in [5.74, 6) is 0. The summed E-state index contributed by atoms with van der Waals surface area (Å²) in [5.41, 5.74) is 0. The van der Waals surface area contributed by atoms with Crippen molar-refractivity contribution in [1.29, 1.82) is 0 Å². The van der Waals surface area contributed by atoms with Gasteiger partial charge in [0.2, 0.25) is 0 Å². The number of hydrogen-bond acceptors (Lipinski definition) is 4. The quantitative estimate of drug-likeness (QED) is 0.601. The Hall–Kier alpha value is -1.17. The van der Waals surface area contributed by atoms with Crippen molar-refractivity contribution in [3.63, 3.8) is 0 Å². The summed E-state index contributed by atoms with van der Waals surface area (Å²) in [6.07, 6.45) is 0.226. The van der Waals surface area contributed by atoms with Crippen molar-refractivity contribution in [3.05, 3.63) is 43.0 Å². The molecule has 0 radical (unpaired) electrons. The van der Waals surface area contributed by atoms with Crippen molar-refractivity contribution in [3.8, 4) is 0 Å². The summed E-state index contributed by atoms with van der Waals surface area (Å²) in [7, 11) is -3.77. The molecule has 0 heterocycles. The normalized spacial score (nSPS) is 13.4. The lowest BCUT2D eigenvalue weighted by atomic mass is 10.4. The zero-order chi connectivity index (χ0) is 11.3. The standard InChI is InChI=1S/C10H12O4S/c1-2-9(11)8-14-15(12,13)10-6-4-3-5-7-10/h2-7,9,11H,1,8H2/t9-/m0/s1. The van der Waals surface area contributed by atoms with E-state index in [1.54, 1.807) is 18.2 Å². The summed E-state index contributed by atoms with van der Waals surface area (Å²) in [4.78, 5) is 0.0706. The fourth-order valence-corrected chi connectivity index (χ4v) is 1.83. The van der Waals surface area contributed by atoms with Crippen LogP contribution in [0.15, 0.2) is 47.9 Å². The minimum Gasteiger partial charge on any atom is -0.387 e. The lowest BCUT2D eigenvalue weighted by Gasteiger charge is -2.07. The van der Waals surface area contributed by atoms with Gasteiger partial charge in [-0.3, -0.25) is 4.18 Å². The van der Waals surface area contributed by atoms with Crippen LogP contribution in [0.4, 0.5) is 0 Å². The Balaban J connectivity index is 2.73. The van der Waals surface area contributed by atoms with Gasteiger partial charge in [-0.1, -0.05) is 24.3 Å². The van der Waals surface area contributed by atoms with Crippen LogP contribution >= 0.6 is 0 Å². The summed E-state index contributed by atoms with van der Waals surface area (Å²) in [6.45, 7) is 2.99. The first kappa shape index (κ1) is 11.9. The molecular weight excluding hydrogens is 216 g/mol. The van der Waals surface area contributed by atoms with E-state index in [0.717, 1.165) is 0 Å². The van der Waals surface area contributed by atoms with E-state index in [0.29, 0.717) is 0 Å². The maximum Gasteiger partial charge on any atom is 0.297 e. The van der Waals surface area contributed by atoms with E-state index in [2.05, 4.69) is 10.8 Å². The minimum atomic E-state index is -3.77. The number of aliphatic hydroxyl groups is 1. The Kier molecular flexibility index (Phi) is 4.02. The van der Waals surface area contributed by atoms with Crippen LogP contribution in [0.3, 0.4) is 0 Å². The average Bonchev–Trinajstić information content (AvgIpc) is 2.27. The second-order valence-electron chi connectivity index (χ2n) is 2.85. The molecule has 1 aromatic rings. The van der Waals surface area contributed by atoms with Gasteiger partial charge in [0.15, 0.2) is 0 Å². The molecule has 0 aliphatic carbocycles.